The molecule has 0 bridgehead atoms. The van der Waals surface area contributed by atoms with Gasteiger partial charge in [-0.05, 0) is 59.7 Å². The molecule has 2 aromatic rings. The minimum Gasteiger partial charge on any atom is -0.490 e. The van der Waals surface area contributed by atoms with E-state index in [-0.39, 0.29) is 0 Å². The maximum Gasteiger partial charge on any atom is 0.119 e. The lowest BCUT2D eigenvalue weighted by molar-refractivity contribution is 0.363. The molecule has 122 valence electrons. The zero-order chi connectivity index (χ0) is 17.0. The number of hydrogen-bond acceptors (Lipinski definition) is 4. The number of benzene rings is 2. The lowest BCUT2D eigenvalue weighted by atomic mass is 10.2. The van der Waals surface area contributed by atoms with Gasteiger partial charge in [0, 0.05) is 0 Å². The van der Waals surface area contributed by atoms with E-state index in [2.05, 4.69) is 23.4 Å². The van der Waals surface area contributed by atoms with Gasteiger partial charge in [0.25, 0.3) is 0 Å². The van der Waals surface area contributed by atoms with Crippen LogP contribution >= 0.6 is 0 Å². The molecule has 0 saturated carbocycles. The second-order valence-electron chi connectivity index (χ2n) is 4.83. The summed E-state index contributed by atoms with van der Waals surface area (Å²) in [4.78, 5) is 0. The molecule has 0 atom stereocenters. The van der Waals surface area contributed by atoms with Gasteiger partial charge in [0.05, 0.1) is 12.4 Å². The quantitative estimate of drug-likeness (QED) is 0.393. The summed E-state index contributed by atoms with van der Waals surface area (Å²) in [5, 5.41) is 8.09. The Bertz CT molecular complexity index is 638. The van der Waals surface area contributed by atoms with Crippen molar-refractivity contribution in [3.63, 3.8) is 0 Å². The normalized spacial score (nSPS) is 10.8. The number of hydrogen-bond donors (Lipinski definition) is 0. The molecule has 0 aliphatic heterocycles. The van der Waals surface area contributed by atoms with E-state index in [4.69, 9.17) is 9.47 Å². The van der Waals surface area contributed by atoms with Gasteiger partial charge < -0.3 is 9.47 Å². The summed E-state index contributed by atoms with van der Waals surface area (Å²) in [7, 11) is 0. The molecule has 2 rings (SSSR count). The van der Waals surface area contributed by atoms with Crippen molar-refractivity contribution in [1.29, 1.82) is 0 Å². The van der Waals surface area contributed by atoms with E-state index in [1.807, 2.05) is 48.5 Å². The van der Waals surface area contributed by atoms with Crippen molar-refractivity contribution >= 4 is 12.4 Å². The van der Waals surface area contributed by atoms with Crippen molar-refractivity contribution in [2.45, 2.75) is 0 Å². The average Bonchev–Trinajstić information content (AvgIpc) is 2.64. The van der Waals surface area contributed by atoms with E-state index < -0.39 is 0 Å². The van der Waals surface area contributed by atoms with E-state index in [1.54, 1.807) is 24.6 Å². The van der Waals surface area contributed by atoms with Crippen molar-refractivity contribution < 1.29 is 9.47 Å². The third kappa shape index (κ3) is 5.93. The SMILES string of the molecule is C=CCOc1ccc(C=NN=Cc2ccc(OCC=C)cc2)cc1. The van der Waals surface area contributed by atoms with Crippen LogP contribution in [0.15, 0.2) is 84.0 Å². The Balaban J connectivity index is 1.87. The largest absolute Gasteiger partial charge is 0.490 e. The van der Waals surface area contributed by atoms with Gasteiger partial charge in [0.2, 0.25) is 0 Å². The lowest BCUT2D eigenvalue weighted by Crippen LogP contribution is -1.92. The molecule has 0 fully saturated rings. The van der Waals surface area contributed by atoms with E-state index in [1.165, 1.54) is 0 Å². The Kier molecular flexibility index (Phi) is 7.02. The molecule has 0 radical (unpaired) electrons. The first kappa shape index (κ1) is 17.2. The van der Waals surface area contributed by atoms with Crippen LogP contribution in [0.5, 0.6) is 11.5 Å². The van der Waals surface area contributed by atoms with E-state index in [0.717, 1.165) is 22.6 Å². The maximum atomic E-state index is 5.42. The standard InChI is InChI=1S/C20H20N2O2/c1-3-13-23-19-9-5-17(6-10-19)15-21-22-16-18-7-11-20(12-8-18)24-14-4-2/h3-12,15-16H,1-2,13-14H2. The van der Waals surface area contributed by atoms with Gasteiger partial charge >= 0.3 is 0 Å². The molecule has 0 amide bonds. The Morgan fingerprint density at radius 2 is 1.04 bits per heavy atom. The molecule has 0 aliphatic rings. The summed E-state index contributed by atoms with van der Waals surface area (Å²) in [6.45, 7) is 8.22. The van der Waals surface area contributed by atoms with Crippen LogP contribution in [0.3, 0.4) is 0 Å². The first-order chi connectivity index (χ1) is 11.8. The highest BCUT2D eigenvalue weighted by Gasteiger charge is 1.93. The molecule has 0 aliphatic carbocycles. The highest BCUT2D eigenvalue weighted by molar-refractivity contribution is 5.82. The Morgan fingerprint density at radius 3 is 1.38 bits per heavy atom. The maximum absolute atomic E-state index is 5.42. The Hall–Kier alpha value is -3.14. The number of ether oxygens (including phenoxy) is 2. The first-order valence-electron chi connectivity index (χ1n) is 7.56. The van der Waals surface area contributed by atoms with Crippen molar-refractivity contribution in [2.24, 2.45) is 10.2 Å². The summed E-state index contributed by atoms with van der Waals surface area (Å²) in [5.41, 5.74) is 1.90. The minimum atomic E-state index is 0.495. The van der Waals surface area contributed by atoms with Gasteiger partial charge in [-0.25, -0.2) is 0 Å². The number of rotatable bonds is 9. The van der Waals surface area contributed by atoms with Gasteiger partial charge in [0.15, 0.2) is 0 Å². The number of nitrogens with zero attached hydrogens (tertiary/aromatic N) is 2. The molecular weight excluding hydrogens is 300 g/mol. The van der Waals surface area contributed by atoms with Gasteiger partial charge in [-0.1, -0.05) is 25.3 Å². The fraction of sp³-hybridized carbons (Fsp3) is 0.100. The molecule has 4 heteroatoms. The van der Waals surface area contributed by atoms with Crippen LogP contribution in [0.2, 0.25) is 0 Å². The molecular formula is C20H20N2O2. The zero-order valence-corrected chi connectivity index (χ0v) is 13.5. The lowest BCUT2D eigenvalue weighted by Gasteiger charge is -2.02. The molecule has 0 saturated heterocycles. The van der Waals surface area contributed by atoms with Crippen molar-refractivity contribution in [1.82, 2.24) is 0 Å². The van der Waals surface area contributed by atoms with Gasteiger partial charge in [-0.15, -0.1) is 0 Å². The third-order valence-electron chi connectivity index (χ3n) is 2.98. The summed E-state index contributed by atoms with van der Waals surface area (Å²) in [6.07, 6.45) is 6.80. The van der Waals surface area contributed by atoms with E-state index in [9.17, 15) is 0 Å². The zero-order valence-electron chi connectivity index (χ0n) is 13.5. The van der Waals surface area contributed by atoms with E-state index in [0.29, 0.717) is 13.2 Å². The fourth-order valence-corrected chi connectivity index (χ4v) is 1.81. The summed E-state index contributed by atoms with van der Waals surface area (Å²) >= 11 is 0. The molecule has 0 unspecified atom stereocenters. The minimum absolute atomic E-state index is 0.495. The second-order valence-corrected chi connectivity index (χ2v) is 4.83. The fourth-order valence-electron chi connectivity index (χ4n) is 1.81. The van der Waals surface area contributed by atoms with Crippen LogP contribution in [-0.2, 0) is 0 Å². The van der Waals surface area contributed by atoms with Crippen LogP contribution in [0, 0.1) is 0 Å². The predicted molar refractivity (Wildman–Crippen MR) is 99.5 cm³/mol. The molecule has 24 heavy (non-hydrogen) atoms. The van der Waals surface area contributed by atoms with Crippen LogP contribution in [0.1, 0.15) is 11.1 Å². The highest BCUT2D eigenvalue weighted by Crippen LogP contribution is 2.12. The van der Waals surface area contributed by atoms with Crippen LogP contribution in [-0.4, -0.2) is 25.6 Å². The molecule has 0 aromatic heterocycles. The van der Waals surface area contributed by atoms with Gasteiger partial charge in [-0.3, -0.25) is 0 Å². The molecule has 0 spiro atoms. The van der Waals surface area contributed by atoms with Crippen molar-refractivity contribution in [3.8, 4) is 11.5 Å². The van der Waals surface area contributed by atoms with Gasteiger partial charge in [-0.2, -0.15) is 10.2 Å². The highest BCUT2D eigenvalue weighted by atomic mass is 16.5. The molecule has 0 N–H and O–H groups in total. The van der Waals surface area contributed by atoms with Crippen LogP contribution in [0.4, 0.5) is 0 Å². The van der Waals surface area contributed by atoms with Crippen LogP contribution < -0.4 is 9.47 Å². The Labute approximate surface area is 142 Å². The topological polar surface area (TPSA) is 43.2 Å². The summed E-state index contributed by atoms with van der Waals surface area (Å²) < 4.78 is 10.8. The van der Waals surface area contributed by atoms with E-state index >= 15 is 0 Å². The molecule has 2 aromatic carbocycles. The summed E-state index contributed by atoms with van der Waals surface area (Å²) in [5.74, 6) is 1.60. The average molecular weight is 320 g/mol. The van der Waals surface area contributed by atoms with Crippen molar-refractivity contribution in [2.75, 3.05) is 13.2 Å². The first-order valence-corrected chi connectivity index (χ1v) is 7.56. The second kappa shape index (κ2) is 9.79. The third-order valence-corrected chi connectivity index (χ3v) is 2.98. The van der Waals surface area contributed by atoms with Crippen molar-refractivity contribution in [3.05, 3.63) is 85.0 Å². The van der Waals surface area contributed by atoms with Gasteiger partial charge in [0.1, 0.15) is 24.7 Å². The monoisotopic (exact) mass is 320 g/mol. The molecule has 4 nitrogen and oxygen atoms in total. The predicted octanol–water partition coefficient (Wildman–Crippen LogP) is 4.27. The smallest absolute Gasteiger partial charge is 0.119 e. The summed E-state index contributed by atoms with van der Waals surface area (Å²) in [6, 6.07) is 15.2. The van der Waals surface area contributed by atoms with Crippen LogP contribution in [0.25, 0.3) is 0 Å². The molecule has 0 heterocycles. The Morgan fingerprint density at radius 1 is 0.667 bits per heavy atom.